The van der Waals surface area contributed by atoms with Gasteiger partial charge in [-0.05, 0) is 55.3 Å². The molecule has 0 saturated heterocycles. The largest absolute Gasteiger partial charge is 0.457 e. The lowest BCUT2D eigenvalue weighted by Crippen LogP contribution is -2.21. The number of amides is 3. The molecule has 2 aromatic carbocycles. The number of nitrogens with one attached hydrogen (secondary N) is 2. The van der Waals surface area contributed by atoms with Gasteiger partial charge in [0.25, 0.3) is 11.8 Å². The number of hydrogen-bond acceptors (Lipinski definition) is 4. The van der Waals surface area contributed by atoms with E-state index in [0.717, 1.165) is 12.8 Å². The standard InChI is InChI=1S/C20H20N2O4/c1-3-12(4-2)18(23)21-13-5-7-14(8-6-13)26-15-9-10-16-17(11-15)20(25)22-19(16)24/h5-12H,3-4H2,1-2H3,(H,21,23)(H,22,24,25). The fourth-order valence-corrected chi connectivity index (χ4v) is 2.86. The maximum Gasteiger partial charge on any atom is 0.259 e. The zero-order chi connectivity index (χ0) is 18.7. The van der Waals surface area contributed by atoms with Crippen LogP contribution < -0.4 is 15.4 Å². The molecule has 0 bridgehead atoms. The van der Waals surface area contributed by atoms with Crippen LogP contribution in [0.1, 0.15) is 47.4 Å². The zero-order valence-corrected chi connectivity index (χ0v) is 14.7. The Kier molecular flexibility index (Phi) is 5.02. The molecule has 1 aliphatic rings. The molecule has 0 fully saturated rings. The molecule has 3 amide bonds. The van der Waals surface area contributed by atoms with Crippen LogP contribution >= 0.6 is 0 Å². The van der Waals surface area contributed by atoms with Crippen molar-refractivity contribution >= 4 is 23.4 Å². The molecule has 0 radical (unpaired) electrons. The SMILES string of the molecule is CCC(CC)C(=O)Nc1ccc(Oc2ccc3c(c2)C(=O)NC3=O)cc1. The van der Waals surface area contributed by atoms with Crippen LogP contribution in [0.3, 0.4) is 0 Å². The summed E-state index contributed by atoms with van der Waals surface area (Å²) in [6.07, 6.45) is 1.61. The Balaban J connectivity index is 1.69. The number of anilines is 1. The number of imide groups is 1. The van der Waals surface area contributed by atoms with Gasteiger partial charge in [0.15, 0.2) is 0 Å². The predicted octanol–water partition coefficient (Wildman–Crippen LogP) is 3.74. The average Bonchev–Trinajstić information content (AvgIpc) is 2.91. The van der Waals surface area contributed by atoms with Gasteiger partial charge in [-0.25, -0.2) is 0 Å². The Morgan fingerprint density at radius 2 is 1.58 bits per heavy atom. The highest BCUT2D eigenvalue weighted by atomic mass is 16.5. The molecule has 0 aliphatic carbocycles. The van der Waals surface area contributed by atoms with E-state index in [1.165, 1.54) is 0 Å². The first-order valence-electron chi connectivity index (χ1n) is 8.60. The third-order valence-electron chi connectivity index (χ3n) is 4.42. The minimum atomic E-state index is -0.421. The lowest BCUT2D eigenvalue weighted by Gasteiger charge is -2.13. The fourth-order valence-electron chi connectivity index (χ4n) is 2.86. The van der Waals surface area contributed by atoms with Gasteiger partial charge in [-0.2, -0.15) is 0 Å². The fraction of sp³-hybridized carbons (Fsp3) is 0.250. The van der Waals surface area contributed by atoms with Crippen LogP contribution in [0.4, 0.5) is 5.69 Å². The minimum Gasteiger partial charge on any atom is -0.457 e. The van der Waals surface area contributed by atoms with Gasteiger partial charge < -0.3 is 10.1 Å². The monoisotopic (exact) mass is 352 g/mol. The van der Waals surface area contributed by atoms with E-state index in [0.29, 0.717) is 28.3 Å². The lowest BCUT2D eigenvalue weighted by atomic mass is 10.0. The molecule has 134 valence electrons. The van der Waals surface area contributed by atoms with Crippen LogP contribution in [-0.2, 0) is 4.79 Å². The van der Waals surface area contributed by atoms with Crippen molar-refractivity contribution in [3.63, 3.8) is 0 Å². The average molecular weight is 352 g/mol. The highest BCUT2D eigenvalue weighted by molar-refractivity contribution is 6.21. The molecule has 0 atom stereocenters. The van der Waals surface area contributed by atoms with Gasteiger partial charge in [0.05, 0.1) is 11.1 Å². The maximum atomic E-state index is 12.1. The van der Waals surface area contributed by atoms with E-state index in [4.69, 9.17) is 4.74 Å². The molecule has 6 nitrogen and oxygen atoms in total. The van der Waals surface area contributed by atoms with Crippen molar-refractivity contribution in [3.05, 3.63) is 53.6 Å². The highest BCUT2D eigenvalue weighted by Crippen LogP contribution is 2.27. The smallest absolute Gasteiger partial charge is 0.259 e. The van der Waals surface area contributed by atoms with E-state index in [1.807, 2.05) is 13.8 Å². The molecule has 1 heterocycles. The van der Waals surface area contributed by atoms with E-state index >= 15 is 0 Å². The summed E-state index contributed by atoms with van der Waals surface area (Å²) in [7, 11) is 0. The molecular formula is C20H20N2O4. The summed E-state index contributed by atoms with van der Waals surface area (Å²) in [5, 5.41) is 5.14. The molecule has 2 aromatic rings. The molecule has 3 rings (SSSR count). The summed E-state index contributed by atoms with van der Waals surface area (Å²) in [5.41, 5.74) is 1.36. The molecular weight excluding hydrogens is 332 g/mol. The Morgan fingerprint density at radius 3 is 2.23 bits per heavy atom. The zero-order valence-electron chi connectivity index (χ0n) is 14.7. The van der Waals surface area contributed by atoms with Gasteiger partial charge in [0.2, 0.25) is 5.91 Å². The number of ether oxygens (including phenoxy) is 1. The summed E-state index contributed by atoms with van der Waals surface area (Å²) in [6, 6.07) is 11.7. The Hall–Kier alpha value is -3.15. The van der Waals surface area contributed by atoms with Gasteiger partial charge in [-0.1, -0.05) is 13.8 Å². The van der Waals surface area contributed by atoms with Gasteiger partial charge in [-0.3, -0.25) is 19.7 Å². The first-order chi connectivity index (χ1) is 12.5. The third kappa shape index (κ3) is 3.59. The molecule has 0 spiro atoms. The minimum absolute atomic E-state index is 0.00574. The number of hydrogen-bond donors (Lipinski definition) is 2. The van der Waals surface area contributed by atoms with Crippen molar-refractivity contribution in [2.75, 3.05) is 5.32 Å². The molecule has 2 N–H and O–H groups in total. The van der Waals surface area contributed by atoms with Crippen LogP contribution in [0, 0.1) is 5.92 Å². The van der Waals surface area contributed by atoms with Crippen molar-refractivity contribution < 1.29 is 19.1 Å². The van der Waals surface area contributed by atoms with Crippen molar-refractivity contribution in [1.29, 1.82) is 0 Å². The predicted molar refractivity (Wildman–Crippen MR) is 97.5 cm³/mol. The number of benzene rings is 2. The summed E-state index contributed by atoms with van der Waals surface area (Å²) in [5.74, 6) is 0.228. The summed E-state index contributed by atoms with van der Waals surface area (Å²) >= 11 is 0. The van der Waals surface area contributed by atoms with Crippen LogP contribution in [0.25, 0.3) is 0 Å². The first kappa shape index (κ1) is 17.7. The Bertz CT molecular complexity index is 855. The molecule has 6 heteroatoms. The van der Waals surface area contributed by atoms with Crippen molar-refractivity contribution in [2.24, 2.45) is 5.92 Å². The summed E-state index contributed by atoms with van der Waals surface area (Å²) in [4.78, 5) is 35.4. The lowest BCUT2D eigenvalue weighted by molar-refractivity contribution is -0.120. The van der Waals surface area contributed by atoms with E-state index in [1.54, 1.807) is 42.5 Å². The Morgan fingerprint density at radius 1 is 0.962 bits per heavy atom. The maximum absolute atomic E-state index is 12.1. The summed E-state index contributed by atoms with van der Waals surface area (Å²) in [6.45, 7) is 3.99. The topological polar surface area (TPSA) is 84.5 Å². The quantitative estimate of drug-likeness (QED) is 0.776. The van der Waals surface area contributed by atoms with Gasteiger partial charge in [0.1, 0.15) is 11.5 Å². The highest BCUT2D eigenvalue weighted by Gasteiger charge is 2.26. The number of carbonyl (C=O) groups is 3. The van der Waals surface area contributed by atoms with Crippen LogP contribution in [0.5, 0.6) is 11.5 Å². The second-order valence-corrected chi connectivity index (χ2v) is 6.12. The van der Waals surface area contributed by atoms with E-state index < -0.39 is 11.8 Å². The van der Waals surface area contributed by atoms with E-state index in [-0.39, 0.29) is 11.8 Å². The van der Waals surface area contributed by atoms with Gasteiger partial charge >= 0.3 is 0 Å². The number of fused-ring (bicyclic) bond motifs is 1. The van der Waals surface area contributed by atoms with Crippen molar-refractivity contribution in [1.82, 2.24) is 5.32 Å². The normalized spacial score (nSPS) is 12.7. The van der Waals surface area contributed by atoms with Crippen LogP contribution in [0.15, 0.2) is 42.5 Å². The molecule has 0 saturated carbocycles. The van der Waals surface area contributed by atoms with E-state index in [2.05, 4.69) is 10.6 Å². The van der Waals surface area contributed by atoms with Crippen LogP contribution in [-0.4, -0.2) is 17.7 Å². The molecule has 1 aliphatic heterocycles. The van der Waals surface area contributed by atoms with Crippen LogP contribution in [0.2, 0.25) is 0 Å². The summed E-state index contributed by atoms with van der Waals surface area (Å²) < 4.78 is 5.73. The molecule has 0 unspecified atom stereocenters. The first-order valence-corrected chi connectivity index (χ1v) is 8.60. The van der Waals surface area contributed by atoms with Crippen molar-refractivity contribution in [2.45, 2.75) is 26.7 Å². The second-order valence-electron chi connectivity index (χ2n) is 6.12. The second kappa shape index (κ2) is 7.39. The van der Waals surface area contributed by atoms with Crippen molar-refractivity contribution in [3.8, 4) is 11.5 Å². The Labute approximate surface area is 151 Å². The molecule has 26 heavy (non-hydrogen) atoms. The number of carbonyl (C=O) groups excluding carboxylic acids is 3. The third-order valence-corrected chi connectivity index (χ3v) is 4.42. The van der Waals surface area contributed by atoms with E-state index in [9.17, 15) is 14.4 Å². The number of rotatable bonds is 6. The van der Waals surface area contributed by atoms with Gasteiger partial charge in [0, 0.05) is 11.6 Å². The molecule has 0 aromatic heterocycles. The van der Waals surface area contributed by atoms with Gasteiger partial charge in [-0.15, -0.1) is 0 Å².